The average Bonchev–Trinajstić information content (AvgIpc) is 2.90. The van der Waals surface area contributed by atoms with Gasteiger partial charge in [-0.3, -0.25) is 0 Å². The molecule has 1 heterocycles. The molecule has 0 aliphatic heterocycles. The van der Waals surface area contributed by atoms with Gasteiger partial charge in [-0.2, -0.15) is 0 Å². The van der Waals surface area contributed by atoms with Gasteiger partial charge in [0.1, 0.15) is 0 Å². The van der Waals surface area contributed by atoms with Crippen molar-refractivity contribution in [2.24, 2.45) is 0 Å². The summed E-state index contributed by atoms with van der Waals surface area (Å²) in [6.45, 7) is 8.18. The zero-order chi connectivity index (χ0) is 14.1. The Morgan fingerprint density at radius 1 is 0.842 bits per heavy atom. The zero-order valence-electron chi connectivity index (χ0n) is 12.1. The van der Waals surface area contributed by atoms with Gasteiger partial charge in [0.15, 0.2) is 0 Å². The maximum absolute atomic E-state index is 4.18. The molecular formula is C17H21NS. The molecule has 0 fully saturated rings. The van der Waals surface area contributed by atoms with E-state index in [4.69, 9.17) is 0 Å². The van der Waals surface area contributed by atoms with Gasteiger partial charge in [0, 0.05) is 0 Å². The Labute approximate surface area is 120 Å². The molecular weight excluding hydrogens is 250 g/mol. The fourth-order valence-electron chi connectivity index (χ4n) is 1.50. The van der Waals surface area contributed by atoms with Crippen LogP contribution in [0, 0.1) is 13.8 Å². The third-order valence-electron chi connectivity index (χ3n) is 2.43. The molecule has 0 aliphatic carbocycles. The van der Waals surface area contributed by atoms with Crippen LogP contribution in [-0.4, -0.2) is 4.98 Å². The van der Waals surface area contributed by atoms with Gasteiger partial charge in [0.25, 0.3) is 0 Å². The van der Waals surface area contributed by atoms with Gasteiger partial charge in [-0.1, -0.05) is 55.8 Å². The van der Waals surface area contributed by atoms with Crippen LogP contribution in [0.3, 0.4) is 0 Å². The Morgan fingerprint density at radius 3 is 2.11 bits per heavy atom. The van der Waals surface area contributed by atoms with Crippen molar-refractivity contribution in [1.29, 1.82) is 0 Å². The number of thiazole rings is 1. The molecule has 0 bridgehead atoms. The summed E-state index contributed by atoms with van der Waals surface area (Å²) in [5.74, 6) is 0. The van der Waals surface area contributed by atoms with Crippen molar-refractivity contribution in [3.8, 4) is 0 Å². The molecule has 3 rings (SSSR count). The Hall–Kier alpha value is -1.67. The van der Waals surface area contributed by atoms with Crippen molar-refractivity contribution in [2.45, 2.75) is 27.7 Å². The topological polar surface area (TPSA) is 12.9 Å². The van der Waals surface area contributed by atoms with E-state index in [-0.39, 0.29) is 0 Å². The van der Waals surface area contributed by atoms with Gasteiger partial charge in [0.05, 0.1) is 15.7 Å². The lowest BCUT2D eigenvalue weighted by Crippen LogP contribution is -1.69. The van der Waals surface area contributed by atoms with E-state index in [1.807, 2.05) is 37.6 Å². The fraction of sp³-hybridized carbons (Fsp3) is 0.235. The van der Waals surface area contributed by atoms with E-state index in [0.29, 0.717) is 0 Å². The van der Waals surface area contributed by atoms with E-state index in [0.717, 1.165) is 5.52 Å². The predicted octanol–water partition coefficient (Wildman–Crippen LogP) is 5.63. The second-order valence-electron chi connectivity index (χ2n) is 3.98. The maximum Gasteiger partial charge on any atom is 0.0812 e. The molecule has 0 saturated heterocycles. The molecule has 0 amide bonds. The SMILES string of the molecule is CC.Cc1ccc2ncsc2c1.Cc1ccccc1. The number of hydrogen-bond acceptors (Lipinski definition) is 2. The molecule has 19 heavy (non-hydrogen) atoms. The highest BCUT2D eigenvalue weighted by molar-refractivity contribution is 7.16. The molecule has 1 aromatic heterocycles. The molecule has 0 atom stereocenters. The minimum absolute atomic E-state index is 1.11. The van der Waals surface area contributed by atoms with E-state index >= 15 is 0 Å². The van der Waals surface area contributed by atoms with Crippen molar-refractivity contribution in [3.63, 3.8) is 0 Å². The molecule has 0 radical (unpaired) electrons. The van der Waals surface area contributed by atoms with Crippen LogP contribution in [0.15, 0.2) is 54.0 Å². The first-order chi connectivity index (χ1) is 9.25. The van der Waals surface area contributed by atoms with E-state index in [2.05, 4.69) is 49.2 Å². The lowest BCUT2D eigenvalue weighted by atomic mass is 10.2. The number of benzene rings is 2. The third kappa shape index (κ3) is 5.23. The second kappa shape index (κ2) is 8.44. The highest BCUT2D eigenvalue weighted by Gasteiger charge is 1.93. The average molecular weight is 271 g/mol. The van der Waals surface area contributed by atoms with Crippen molar-refractivity contribution < 1.29 is 0 Å². The second-order valence-corrected chi connectivity index (χ2v) is 4.86. The number of aromatic nitrogens is 1. The van der Waals surface area contributed by atoms with Crippen LogP contribution in [0.4, 0.5) is 0 Å². The number of aryl methyl sites for hydroxylation is 2. The van der Waals surface area contributed by atoms with E-state index in [9.17, 15) is 0 Å². The Balaban J connectivity index is 0.000000177. The fourth-order valence-corrected chi connectivity index (χ4v) is 2.27. The molecule has 2 heteroatoms. The Morgan fingerprint density at radius 2 is 1.53 bits per heavy atom. The molecule has 0 spiro atoms. The van der Waals surface area contributed by atoms with Crippen molar-refractivity contribution >= 4 is 21.6 Å². The number of nitrogens with zero attached hydrogens (tertiary/aromatic N) is 1. The monoisotopic (exact) mass is 271 g/mol. The summed E-state index contributed by atoms with van der Waals surface area (Å²) >= 11 is 1.69. The Bertz CT molecular complexity index is 584. The number of fused-ring (bicyclic) bond motifs is 1. The van der Waals surface area contributed by atoms with Crippen molar-refractivity contribution in [3.05, 3.63) is 65.2 Å². The predicted molar refractivity (Wildman–Crippen MR) is 86.9 cm³/mol. The summed E-state index contributed by atoms with van der Waals surface area (Å²) in [5, 5.41) is 0. The van der Waals surface area contributed by atoms with E-state index in [1.165, 1.54) is 15.8 Å². The quantitative estimate of drug-likeness (QED) is 0.516. The van der Waals surface area contributed by atoms with Crippen LogP contribution >= 0.6 is 11.3 Å². The minimum atomic E-state index is 1.11. The molecule has 0 aliphatic rings. The van der Waals surface area contributed by atoms with Gasteiger partial charge in [0.2, 0.25) is 0 Å². The largest absolute Gasteiger partial charge is 0.245 e. The lowest BCUT2D eigenvalue weighted by molar-refractivity contribution is 1.46. The first-order valence-electron chi connectivity index (χ1n) is 6.57. The van der Waals surface area contributed by atoms with Gasteiger partial charge >= 0.3 is 0 Å². The van der Waals surface area contributed by atoms with Crippen LogP contribution in [0.5, 0.6) is 0 Å². The standard InChI is InChI=1S/C8H7NS.C7H8.C2H6/c1-6-2-3-7-8(4-6)10-5-9-7;1-7-5-3-2-4-6-7;1-2/h2-5H,1H3;2-6H,1H3;1-2H3. The maximum atomic E-state index is 4.18. The van der Waals surface area contributed by atoms with Gasteiger partial charge < -0.3 is 0 Å². The van der Waals surface area contributed by atoms with Crippen LogP contribution in [0.25, 0.3) is 10.2 Å². The zero-order valence-corrected chi connectivity index (χ0v) is 12.9. The summed E-state index contributed by atoms with van der Waals surface area (Å²) in [4.78, 5) is 4.18. The molecule has 0 unspecified atom stereocenters. The summed E-state index contributed by atoms with van der Waals surface area (Å²) < 4.78 is 1.28. The van der Waals surface area contributed by atoms with Gasteiger partial charge in [-0.05, 0) is 31.5 Å². The molecule has 0 N–H and O–H groups in total. The van der Waals surface area contributed by atoms with Crippen molar-refractivity contribution in [1.82, 2.24) is 4.98 Å². The molecule has 1 nitrogen and oxygen atoms in total. The highest BCUT2D eigenvalue weighted by Crippen LogP contribution is 2.18. The van der Waals surface area contributed by atoms with Crippen LogP contribution in [-0.2, 0) is 0 Å². The molecule has 0 saturated carbocycles. The Kier molecular flexibility index (Phi) is 6.83. The molecule has 3 aromatic rings. The van der Waals surface area contributed by atoms with Crippen LogP contribution < -0.4 is 0 Å². The highest BCUT2D eigenvalue weighted by atomic mass is 32.1. The first-order valence-corrected chi connectivity index (χ1v) is 7.45. The van der Waals surface area contributed by atoms with E-state index in [1.54, 1.807) is 11.3 Å². The van der Waals surface area contributed by atoms with Gasteiger partial charge in [-0.15, -0.1) is 11.3 Å². The molecule has 2 aromatic carbocycles. The smallest absolute Gasteiger partial charge is 0.0812 e. The lowest BCUT2D eigenvalue weighted by Gasteiger charge is -1.88. The minimum Gasteiger partial charge on any atom is -0.245 e. The van der Waals surface area contributed by atoms with Gasteiger partial charge in [-0.25, -0.2) is 4.98 Å². The summed E-state index contributed by atoms with van der Waals surface area (Å²) in [5.41, 5.74) is 5.61. The van der Waals surface area contributed by atoms with Crippen LogP contribution in [0.2, 0.25) is 0 Å². The van der Waals surface area contributed by atoms with Crippen molar-refractivity contribution in [2.75, 3.05) is 0 Å². The summed E-state index contributed by atoms with van der Waals surface area (Å²) in [7, 11) is 0. The van der Waals surface area contributed by atoms with E-state index < -0.39 is 0 Å². The first kappa shape index (κ1) is 15.4. The summed E-state index contributed by atoms with van der Waals surface area (Å²) in [6, 6.07) is 16.6. The number of rotatable bonds is 0. The number of hydrogen-bond donors (Lipinski definition) is 0. The van der Waals surface area contributed by atoms with Crippen LogP contribution in [0.1, 0.15) is 25.0 Å². The normalized spacial score (nSPS) is 9.05. The molecule has 100 valence electrons. The third-order valence-corrected chi connectivity index (χ3v) is 3.22. The summed E-state index contributed by atoms with van der Waals surface area (Å²) in [6.07, 6.45) is 0.